The van der Waals surface area contributed by atoms with Gasteiger partial charge in [0.2, 0.25) is 0 Å². The summed E-state index contributed by atoms with van der Waals surface area (Å²) >= 11 is 0. The number of aromatic nitrogens is 2. The van der Waals surface area contributed by atoms with E-state index in [2.05, 4.69) is 15.1 Å². The lowest BCUT2D eigenvalue weighted by Crippen LogP contribution is -2.27. The van der Waals surface area contributed by atoms with Crippen LogP contribution in [0.3, 0.4) is 0 Å². The number of hydrogen-bond acceptors (Lipinski definition) is 3. The molecule has 1 amide bonds. The third kappa shape index (κ3) is 3.31. The van der Waals surface area contributed by atoms with Crippen molar-refractivity contribution in [3.05, 3.63) is 52.9 Å². The molecule has 1 atom stereocenters. The molecule has 1 unspecified atom stereocenters. The second-order valence-electron chi connectivity index (χ2n) is 6.30. The highest BCUT2D eigenvalue weighted by Crippen LogP contribution is 2.34. The van der Waals surface area contributed by atoms with E-state index in [9.17, 15) is 13.6 Å². The third-order valence-electron chi connectivity index (χ3n) is 4.31. The lowest BCUT2D eigenvalue weighted by molar-refractivity contribution is 0.0824. The number of likely N-dealkylation sites (tertiary alicyclic amines) is 1. The van der Waals surface area contributed by atoms with Gasteiger partial charge in [0.25, 0.3) is 5.91 Å². The fourth-order valence-corrected chi connectivity index (χ4v) is 3.24. The summed E-state index contributed by atoms with van der Waals surface area (Å²) < 4.78 is 26.8. The average Bonchev–Trinajstić information content (AvgIpc) is 3.13. The average molecular weight is 334 g/mol. The number of carbonyl (C=O) groups excluding carboxylic acids is 1. The lowest BCUT2D eigenvalue weighted by atomic mass is 10.1. The molecule has 1 fully saturated rings. The van der Waals surface area contributed by atoms with Crippen molar-refractivity contribution in [3.63, 3.8) is 0 Å². The van der Waals surface area contributed by atoms with Crippen molar-refractivity contribution >= 4 is 5.91 Å². The van der Waals surface area contributed by atoms with Gasteiger partial charge in [0, 0.05) is 26.7 Å². The highest BCUT2D eigenvalue weighted by Gasteiger charge is 2.31. The Balaban J connectivity index is 1.84. The smallest absolute Gasteiger partial charge is 0.256 e. The molecule has 7 heteroatoms. The van der Waals surface area contributed by atoms with E-state index in [-0.39, 0.29) is 11.9 Å². The van der Waals surface area contributed by atoms with E-state index in [1.54, 1.807) is 14.1 Å². The molecule has 0 spiro atoms. The van der Waals surface area contributed by atoms with Crippen LogP contribution in [-0.4, -0.2) is 46.5 Å². The normalized spacial score (nSPS) is 18.1. The molecule has 0 aliphatic carbocycles. The van der Waals surface area contributed by atoms with Crippen LogP contribution in [0.25, 0.3) is 0 Å². The molecule has 5 nitrogen and oxygen atoms in total. The van der Waals surface area contributed by atoms with Gasteiger partial charge in [0.1, 0.15) is 11.6 Å². The Morgan fingerprint density at radius 3 is 2.71 bits per heavy atom. The topological polar surface area (TPSA) is 52.2 Å². The van der Waals surface area contributed by atoms with Gasteiger partial charge in [-0.25, -0.2) is 8.78 Å². The van der Waals surface area contributed by atoms with Gasteiger partial charge in [0.05, 0.1) is 23.5 Å². The number of amides is 1. The summed E-state index contributed by atoms with van der Waals surface area (Å²) in [6, 6.07) is 3.54. The molecule has 0 saturated carbocycles. The standard InChI is InChI=1S/C17H20F2N4O/c1-22(2)17(24)14-9-20-21-16(14)15-4-3-5-23(15)10-11-6-12(18)8-13(19)7-11/h6-9,15H,3-5,10H2,1-2H3,(H,20,21). The maximum absolute atomic E-state index is 13.4. The SMILES string of the molecule is CN(C)C(=O)c1cn[nH]c1C1CCCN1Cc1cc(F)cc(F)c1. The maximum atomic E-state index is 13.4. The zero-order chi connectivity index (χ0) is 17.3. The summed E-state index contributed by atoms with van der Waals surface area (Å²) in [4.78, 5) is 15.9. The second-order valence-corrected chi connectivity index (χ2v) is 6.30. The van der Waals surface area contributed by atoms with Crippen LogP contribution in [0.1, 0.15) is 40.5 Å². The first-order chi connectivity index (χ1) is 11.5. The van der Waals surface area contributed by atoms with Crippen LogP contribution in [0.4, 0.5) is 8.78 Å². The van der Waals surface area contributed by atoms with Crippen molar-refractivity contribution in [2.45, 2.75) is 25.4 Å². The number of hydrogen-bond donors (Lipinski definition) is 1. The van der Waals surface area contributed by atoms with Crippen molar-refractivity contribution in [2.75, 3.05) is 20.6 Å². The minimum absolute atomic E-state index is 0.0160. The number of carbonyl (C=O) groups is 1. The van der Waals surface area contributed by atoms with Crippen molar-refractivity contribution < 1.29 is 13.6 Å². The molecule has 24 heavy (non-hydrogen) atoms. The Bertz CT molecular complexity index is 724. The summed E-state index contributed by atoms with van der Waals surface area (Å²) in [7, 11) is 3.39. The largest absolute Gasteiger partial charge is 0.345 e. The monoisotopic (exact) mass is 334 g/mol. The Kier molecular flexibility index (Phi) is 4.62. The molecule has 128 valence electrons. The lowest BCUT2D eigenvalue weighted by Gasteiger charge is -2.25. The molecule has 3 rings (SSSR count). The van der Waals surface area contributed by atoms with Crippen molar-refractivity contribution in [1.82, 2.24) is 20.0 Å². The number of halogens is 2. The Labute approximate surface area is 139 Å². The third-order valence-corrected chi connectivity index (χ3v) is 4.31. The van der Waals surface area contributed by atoms with E-state index < -0.39 is 11.6 Å². The highest BCUT2D eigenvalue weighted by molar-refractivity contribution is 5.94. The molecular formula is C17H20F2N4O. The van der Waals surface area contributed by atoms with Crippen molar-refractivity contribution in [2.24, 2.45) is 0 Å². The van der Waals surface area contributed by atoms with Gasteiger partial charge in [-0.15, -0.1) is 0 Å². The van der Waals surface area contributed by atoms with Gasteiger partial charge in [-0.2, -0.15) is 5.10 Å². The number of nitrogens with one attached hydrogen (secondary N) is 1. The van der Waals surface area contributed by atoms with E-state index in [0.717, 1.165) is 31.1 Å². The Morgan fingerprint density at radius 1 is 1.33 bits per heavy atom. The van der Waals surface area contributed by atoms with Gasteiger partial charge in [0.15, 0.2) is 0 Å². The number of H-pyrrole nitrogens is 1. The molecule has 2 aromatic rings. The second kappa shape index (κ2) is 6.68. The number of aromatic amines is 1. The van der Waals surface area contributed by atoms with Crippen molar-refractivity contribution in [3.8, 4) is 0 Å². The molecule has 1 saturated heterocycles. The molecule has 0 radical (unpaired) electrons. The van der Waals surface area contributed by atoms with Crippen LogP contribution in [0.2, 0.25) is 0 Å². The summed E-state index contributed by atoms with van der Waals surface area (Å²) in [5.41, 5.74) is 1.89. The van der Waals surface area contributed by atoms with Crippen LogP contribution < -0.4 is 0 Å². The van der Waals surface area contributed by atoms with Gasteiger partial charge in [-0.05, 0) is 37.1 Å². The number of rotatable bonds is 4. The number of nitrogens with zero attached hydrogens (tertiary/aromatic N) is 3. The van der Waals surface area contributed by atoms with E-state index >= 15 is 0 Å². The highest BCUT2D eigenvalue weighted by atomic mass is 19.1. The minimum atomic E-state index is -0.578. The van der Waals surface area contributed by atoms with Gasteiger partial charge in [-0.1, -0.05) is 0 Å². The molecule has 0 bridgehead atoms. The van der Waals surface area contributed by atoms with Crippen LogP contribution in [0.5, 0.6) is 0 Å². The molecule has 2 heterocycles. The first kappa shape index (κ1) is 16.6. The van der Waals surface area contributed by atoms with Crippen LogP contribution in [-0.2, 0) is 6.54 Å². The van der Waals surface area contributed by atoms with Crippen LogP contribution in [0.15, 0.2) is 24.4 Å². The van der Waals surface area contributed by atoms with E-state index in [0.29, 0.717) is 17.7 Å². The van der Waals surface area contributed by atoms with Crippen LogP contribution in [0, 0.1) is 11.6 Å². The first-order valence-corrected chi connectivity index (χ1v) is 7.89. The zero-order valence-electron chi connectivity index (χ0n) is 13.7. The summed E-state index contributed by atoms with van der Waals surface area (Å²) in [5, 5.41) is 6.96. The maximum Gasteiger partial charge on any atom is 0.256 e. The molecule has 1 N–H and O–H groups in total. The molecule has 1 aliphatic rings. The van der Waals surface area contributed by atoms with E-state index in [4.69, 9.17) is 0 Å². The Hall–Kier alpha value is -2.28. The number of benzene rings is 1. The predicted molar refractivity (Wildman–Crippen MR) is 85.3 cm³/mol. The fourth-order valence-electron chi connectivity index (χ4n) is 3.24. The molecule has 1 aromatic heterocycles. The first-order valence-electron chi connectivity index (χ1n) is 7.89. The van der Waals surface area contributed by atoms with E-state index in [1.165, 1.54) is 23.2 Å². The predicted octanol–water partition coefficient (Wildman–Crippen LogP) is 2.73. The summed E-state index contributed by atoms with van der Waals surface area (Å²) in [5.74, 6) is -1.26. The quantitative estimate of drug-likeness (QED) is 0.935. The van der Waals surface area contributed by atoms with Gasteiger partial charge in [-0.3, -0.25) is 14.8 Å². The summed E-state index contributed by atoms with van der Waals surface area (Å²) in [6.07, 6.45) is 3.36. The fraction of sp³-hybridized carbons (Fsp3) is 0.412. The van der Waals surface area contributed by atoms with Gasteiger partial charge < -0.3 is 4.90 Å². The molecular weight excluding hydrogens is 314 g/mol. The van der Waals surface area contributed by atoms with E-state index in [1.807, 2.05) is 0 Å². The van der Waals surface area contributed by atoms with Crippen LogP contribution >= 0.6 is 0 Å². The van der Waals surface area contributed by atoms with Gasteiger partial charge >= 0.3 is 0 Å². The molecule has 1 aromatic carbocycles. The summed E-state index contributed by atoms with van der Waals surface area (Å²) in [6.45, 7) is 1.23. The molecule has 1 aliphatic heterocycles. The zero-order valence-corrected chi connectivity index (χ0v) is 13.7. The van der Waals surface area contributed by atoms with Crippen molar-refractivity contribution in [1.29, 1.82) is 0 Å². The Morgan fingerprint density at radius 2 is 2.04 bits per heavy atom. The minimum Gasteiger partial charge on any atom is -0.345 e.